The predicted molar refractivity (Wildman–Crippen MR) is 95.1 cm³/mol. The number of methoxy groups -OCH3 is 1. The Balaban J connectivity index is 2.18. The van der Waals surface area contributed by atoms with Gasteiger partial charge in [0.25, 0.3) is 0 Å². The molecule has 0 aliphatic carbocycles. The van der Waals surface area contributed by atoms with Crippen LogP contribution in [0.2, 0.25) is 0 Å². The molecular weight excluding hydrogens is 316 g/mol. The minimum atomic E-state index is -0.440. The summed E-state index contributed by atoms with van der Waals surface area (Å²) in [6.45, 7) is 3.35. The van der Waals surface area contributed by atoms with E-state index in [1.54, 1.807) is 28.9 Å². The van der Waals surface area contributed by atoms with E-state index in [2.05, 4.69) is 5.10 Å². The molecule has 1 aromatic heterocycles. The number of benzene rings is 2. The van der Waals surface area contributed by atoms with Gasteiger partial charge >= 0.3 is 5.97 Å². The van der Waals surface area contributed by atoms with Gasteiger partial charge in [-0.1, -0.05) is 42.5 Å². The summed E-state index contributed by atoms with van der Waals surface area (Å²) >= 11 is 0. The molecule has 0 radical (unpaired) electrons. The molecule has 0 saturated heterocycles. The summed E-state index contributed by atoms with van der Waals surface area (Å²) in [6, 6.07) is 16.6. The first-order chi connectivity index (χ1) is 12.0. The van der Waals surface area contributed by atoms with Crippen molar-refractivity contribution in [1.82, 2.24) is 9.78 Å². The van der Waals surface area contributed by atoms with E-state index >= 15 is 0 Å². The van der Waals surface area contributed by atoms with Gasteiger partial charge in [-0.05, 0) is 26.0 Å². The second-order valence-electron chi connectivity index (χ2n) is 5.68. The van der Waals surface area contributed by atoms with Crippen molar-refractivity contribution in [3.8, 4) is 16.9 Å². The molecular formula is C20H18N2O3. The second-order valence-corrected chi connectivity index (χ2v) is 5.68. The molecule has 0 fully saturated rings. The topological polar surface area (TPSA) is 61.2 Å². The van der Waals surface area contributed by atoms with Gasteiger partial charge in [-0.15, -0.1) is 0 Å². The standard InChI is InChI=1S/C20H18N2O3/c1-13-18(20(24)25-3)19(16-11-9-15(10-12-16)14(2)23)21-22(13)17-7-5-4-6-8-17/h4-12H,1-3H3. The first kappa shape index (κ1) is 16.6. The summed E-state index contributed by atoms with van der Waals surface area (Å²) in [5.74, 6) is -0.448. The minimum Gasteiger partial charge on any atom is -0.465 e. The Hall–Kier alpha value is -3.21. The third-order valence-electron chi connectivity index (χ3n) is 4.07. The fourth-order valence-electron chi connectivity index (χ4n) is 2.73. The monoisotopic (exact) mass is 334 g/mol. The van der Waals surface area contributed by atoms with Crippen LogP contribution in [0.15, 0.2) is 54.6 Å². The Kier molecular flexibility index (Phi) is 4.48. The smallest absolute Gasteiger partial charge is 0.342 e. The molecule has 3 rings (SSSR count). The second kappa shape index (κ2) is 6.73. The Morgan fingerprint density at radius 3 is 2.20 bits per heavy atom. The quantitative estimate of drug-likeness (QED) is 0.537. The maximum Gasteiger partial charge on any atom is 0.342 e. The van der Waals surface area contributed by atoms with Gasteiger partial charge in [-0.2, -0.15) is 5.10 Å². The van der Waals surface area contributed by atoms with Crippen molar-refractivity contribution in [3.05, 3.63) is 71.4 Å². The number of ketones is 1. The first-order valence-electron chi connectivity index (χ1n) is 7.87. The van der Waals surface area contributed by atoms with Gasteiger partial charge in [0.15, 0.2) is 5.78 Å². The molecule has 0 aliphatic rings. The molecule has 0 amide bonds. The van der Waals surface area contributed by atoms with Crippen molar-refractivity contribution in [3.63, 3.8) is 0 Å². The zero-order valence-corrected chi connectivity index (χ0v) is 14.3. The largest absolute Gasteiger partial charge is 0.465 e. The van der Waals surface area contributed by atoms with Gasteiger partial charge in [-0.25, -0.2) is 9.48 Å². The van der Waals surface area contributed by atoms with Gasteiger partial charge < -0.3 is 4.74 Å². The highest BCUT2D eigenvalue weighted by Crippen LogP contribution is 2.28. The number of hydrogen-bond acceptors (Lipinski definition) is 4. The van der Waals surface area contributed by atoms with Crippen LogP contribution in [0.25, 0.3) is 16.9 Å². The normalized spacial score (nSPS) is 10.5. The van der Waals surface area contributed by atoms with E-state index in [-0.39, 0.29) is 5.78 Å². The number of carbonyl (C=O) groups excluding carboxylic acids is 2. The number of aromatic nitrogens is 2. The molecule has 5 heteroatoms. The molecule has 3 aromatic rings. The molecule has 126 valence electrons. The van der Waals surface area contributed by atoms with Crippen molar-refractivity contribution < 1.29 is 14.3 Å². The van der Waals surface area contributed by atoms with Crippen LogP contribution in [-0.4, -0.2) is 28.6 Å². The van der Waals surface area contributed by atoms with Crippen LogP contribution in [0.1, 0.15) is 33.3 Å². The SMILES string of the molecule is COC(=O)c1c(-c2ccc(C(C)=O)cc2)nn(-c2ccccc2)c1C. The van der Waals surface area contributed by atoms with Crippen LogP contribution in [0.3, 0.4) is 0 Å². The number of hydrogen-bond donors (Lipinski definition) is 0. The summed E-state index contributed by atoms with van der Waals surface area (Å²) < 4.78 is 6.67. The number of rotatable bonds is 4. The van der Waals surface area contributed by atoms with Gasteiger partial charge in [0, 0.05) is 11.1 Å². The molecule has 0 aliphatic heterocycles. The van der Waals surface area contributed by atoms with Gasteiger partial charge in [0.05, 0.1) is 18.5 Å². The maximum absolute atomic E-state index is 12.3. The zero-order valence-electron chi connectivity index (χ0n) is 14.3. The van der Waals surface area contributed by atoms with E-state index < -0.39 is 5.97 Å². The molecule has 1 heterocycles. The van der Waals surface area contributed by atoms with Crippen LogP contribution in [0.4, 0.5) is 0 Å². The number of carbonyl (C=O) groups is 2. The number of ether oxygens (including phenoxy) is 1. The Morgan fingerprint density at radius 1 is 1.00 bits per heavy atom. The molecule has 0 atom stereocenters. The van der Waals surface area contributed by atoms with Crippen molar-refractivity contribution in [1.29, 1.82) is 0 Å². The van der Waals surface area contributed by atoms with Crippen molar-refractivity contribution in [2.24, 2.45) is 0 Å². The lowest BCUT2D eigenvalue weighted by molar-refractivity contribution is 0.0600. The summed E-state index contributed by atoms with van der Waals surface area (Å²) in [7, 11) is 1.35. The van der Waals surface area contributed by atoms with E-state index in [4.69, 9.17) is 4.74 Å². The number of para-hydroxylation sites is 1. The Labute approximate surface area is 145 Å². The highest BCUT2D eigenvalue weighted by Gasteiger charge is 2.23. The van der Waals surface area contributed by atoms with Crippen molar-refractivity contribution in [2.75, 3.05) is 7.11 Å². The number of esters is 1. The molecule has 0 saturated carbocycles. The zero-order chi connectivity index (χ0) is 18.0. The van der Waals surface area contributed by atoms with Crippen molar-refractivity contribution in [2.45, 2.75) is 13.8 Å². The van der Waals surface area contributed by atoms with Gasteiger partial charge in [0.2, 0.25) is 0 Å². The Morgan fingerprint density at radius 2 is 1.64 bits per heavy atom. The molecule has 25 heavy (non-hydrogen) atoms. The lowest BCUT2D eigenvalue weighted by atomic mass is 10.0. The van der Waals surface area contributed by atoms with Crippen LogP contribution in [0, 0.1) is 6.92 Å². The third-order valence-corrected chi connectivity index (χ3v) is 4.07. The van der Waals surface area contributed by atoms with E-state index in [0.29, 0.717) is 22.5 Å². The van der Waals surface area contributed by atoms with E-state index in [9.17, 15) is 9.59 Å². The maximum atomic E-state index is 12.3. The lowest BCUT2D eigenvalue weighted by Gasteiger charge is -2.04. The Bertz CT molecular complexity index is 926. The van der Waals surface area contributed by atoms with E-state index in [0.717, 1.165) is 11.3 Å². The van der Waals surface area contributed by atoms with Crippen LogP contribution in [-0.2, 0) is 4.74 Å². The summed E-state index contributed by atoms with van der Waals surface area (Å²) in [6.07, 6.45) is 0. The summed E-state index contributed by atoms with van der Waals surface area (Å²) in [4.78, 5) is 23.8. The number of Topliss-reactive ketones (excluding diaryl/α,β-unsaturated/α-hetero) is 1. The molecule has 5 nitrogen and oxygen atoms in total. The van der Waals surface area contributed by atoms with Crippen LogP contribution in [0.5, 0.6) is 0 Å². The summed E-state index contributed by atoms with van der Waals surface area (Å²) in [5, 5.41) is 4.62. The van der Waals surface area contributed by atoms with Gasteiger partial charge in [0.1, 0.15) is 11.3 Å². The predicted octanol–water partition coefficient (Wildman–Crippen LogP) is 3.84. The highest BCUT2D eigenvalue weighted by molar-refractivity contribution is 5.98. The average molecular weight is 334 g/mol. The number of nitrogens with zero attached hydrogens (tertiary/aromatic N) is 2. The average Bonchev–Trinajstić information content (AvgIpc) is 2.99. The van der Waals surface area contributed by atoms with E-state index in [1.807, 2.05) is 37.3 Å². The molecule has 0 spiro atoms. The van der Waals surface area contributed by atoms with Gasteiger partial charge in [-0.3, -0.25) is 4.79 Å². The van der Waals surface area contributed by atoms with Crippen LogP contribution < -0.4 is 0 Å². The van der Waals surface area contributed by atoms with Crippen LogP contribution >= 0.6 is 0 Å². The lowest BCUT2D eigenvalue weighted by Crippen LogP contribution is -2.05. The fraction of sp³-hybridized carbons (Fsp3) is 0.150. The first-order valence-corrected chi connectivity index (χ1v) is 7.87. The third kappa shape index (κ3) is 3.08. The van der Waals surface area contributed by atoms with E-state index in [1.165, 1.54) is 14.0 Å². The molecule has 0 bridgehead atoms. The fourth-order valence-corrected chi connectivity index (χ4v) is 2.73. The highest BCUT2D eigenvalue weighted by atomic mass is 16.5. The van der Waals surface area contributed by atoms with Crippen molar-refractivity contribution >= 4 is 11.8 Å². The summed E-state index contributed by atoms with van der Waals surface area (Å²) in [5.41, 5.74) is 3.87. The molecule has 0 unspecified atom stereocenters. The molecule has 2 aromatic carbocycles. The minimum absolute atomic E-state index is 0.00858. The molecule has 0 N–H and O–H groups in total.